The summed E-state index contributed by atoms with van der Waals surface area (Å²) < 4.78 is 6.57. The number of piperidine rings is 2. The first-order chi connectivity index (χ1) is 19.7. The number of amides is 2. The number of morpholine rings is 1. The van der Waals surface area contributed by atoms with E-state index < -0.39 is 11.1 Å². The predicted octanol–water partition coefficient (Wildman–Crippen LogP) is 5.16. The number of carbonyl (C=O) groups is 2. The van der Waals surface area contributed by atoms with Crippen molar-refractivity contribution < 1.29 is 14.3 Å². The van der Waals surface area contributed by atoms with Crippen molar-refractivity contribution in [2.75, 3.05) is 66.5 Å². The van der Waals surface area contributed by atoms with Gasteiger partial charge >= 0.3 is 0 Å². The minimum absolute atomic E-state index is 0.00446. The fourth-order valence-corrected chi connectivity index (χ4v) is 7.16. The van der Waals surface area contributed by atoms with Crippen LogP contribution in [0.15, 0.2) is 48.5 Å². The predicted molar refractivity (Wildman–Crippen MR) is 164 cm³/mol. The first-order valence-electron chi connectivity index (χ1n) is 14.9. The Hall–Kier alpha value is -2.16. The highest BCUT2D eigenvalue weighted by Gasteiger charge is 2.48. The van der Waals surface area contributed by atoms with Crippen molar-refractivity contribution in [2.24, 2.45) is 0 Å². The number of benzene rings is 2. The lowest BCUT2D eigenvalue weighted by Crippen LogP contribution is -2.64. The monoisotopic (exact) mass is 600 g/mol. The number of hydrogen-bond acceptors (Lipinski definition) is 5. The largest absolute Gasteiger partial charge is 0.367 e. The van der Waals surface area contributed by atoms with Crippen molar-refractivity contribution in [1.82, 2.24) is 19.6 Å². The van der Waals surface area contributed by atoms with E-state index in [0.717, 1.165) is 64.0 Å². The molecule has 0 bridgehead atoms. The van der Waals surface area contributed by atoms with Gasteiger partial charge in [-0.15, -0.1) is 0 Å². The summed E-state index contributed by atoms with van der Waals surface area (Å²) in [6.45, 7) is 5.89. The molecule has 0 N–H and O–H groups in total. The lowest BCUT2D eigenvalue weighted by atomic mass is 9.82. The second kappa shape index (κ2) is 13.0. The van der Waals surface area contributed by atoms with Crippen LogP contribution in [0.2, 0.25) is 10.0 Å². The van der Waals surface area contributed by atoms with Gasteiger partial charge in [-0.1, -0.05) is 53.9 Å². The highest BCUT2D eigenvalue weighted by molar-refractivity contribution is 6.42. The van der Waals surface area contributed by atoms with Gasteiger partial charge in [0.1, 0.15) is 11.1 Å². The van der Waals surface area contributed by atoms with E-state index >= 15 is 0 Å². The second-order valence-electron chi connectivity index (χ2n) is 11.9. The van der Waals surface area contributed by atoms with Crippen molar-refractivity contribution >= 4 is 35.0 Å². The fraction of sp³-hybridized carbons (Fsp3) is 0.562. The van der Waals surface area contributed by atoms with E-state index in [1.165, 1.54) is 6.42 Å². The summed E-state index contributed by atoms with van der Waals surface area (Å²) in [5.41, 5.74) is 0.479. The molecule has 7 nitrogen and oxygen atoms in total. The number of hydrogen-bond donors (Lipinski definition) is 0. The second-order valence-corrected chi connectivity index (χ2v) is 12.7. The Morgan fingerprint density at radius 3 is 2.27 bits per heavy atom. The van der Waals surface area contributed by atoms with E-state index in [2.05, 4.69) is 9.80 Å². The average molecular weight is 602 g/mol. The van der Waals surface area contributed by atoms with Gasteiger partial charge in [0.05, 0.1) is 23.2 Å². The zero-order chi connectivity index (χ0) is 29.0. The average Bonchev–Trinajstić information content (AvgIpc) is 3.02. The molecule has 1 atom stereocenters. The van der Waals surface area contributed by atoms with Crippen molar-refractivity contribution in [3.05, 3.63) is 69.7 Å². The number of ether oxygens (including phenoxy) is 1. The SMILES string of the molecule is CN(C)C(=O)C1(N2CCCCC2)CCN(CC[C@@]2(c3ccc(Cl)c(Cl)c3)CN(C(=O)c3ccccc3)CCO2)CC1. The van der Waals surface area contributed by atoms with Crippen LogP contribution in [0.3, 0.4) is 0 Å². The fourth-order valence-electron chi connectivity index (χ4n) is 6.86. The first kappa shape index (κ1) is 30.3. The van der Waals surface area contributed by atoms with E-state index in [0.29, 0.717) is 41.7 Å². The van der Waals surface area contributed by atoms with E-state index in [1.54, 1.807) is 4.90 Å². The Labute approximate surface area is 254 Å². The zero-order valence-electron chi connectivity index (χ0n) is 24.3. The van der Waals surface area contributed by atoms with Gasteiger partial charge in [0.25, 0.3) is 5.91 Å². The van der Waals surface area contributed by atoms with Crippen LogP contribution in [0, 0.1) is 0 Å². The Balaban J connectivity index is 1.33. The summed E-state index contributed by atoms with van der Waals surface area (Å²) in [6.07, 6.45) is 5.91. The zero-order valence-corrected chi connectivity index (χ0v) is 25.8. The molecule has 0 saturated carbocycles. The number of likely N-dealkylation sites (N-methyl/N-ethyl adjacent to an activating group) is 1. The van der Waals surface area contributed by atoms with Crippen LogP contribution in [0.1, 0.15) is 54.4 Å². The topological polar surface area (TPSA) is 56.3 Å². The number of nitrogens with zero attached hydrogens (tertiary/aromatic N) is 4. The molecule has 3 aliphatic rings. The Bertz CT molecular complexity index is 1210. The van der Waals surface area contributed by atoms with Crippen molar-refractivity contribution in [2.45, 2.75) is 49.7 Å². The standard InChI is InChI=1S/C32H42Cl2N4O3/c1-35(2)30(40)31(38-16-7-4-8-17-38)13-18-36(19-14-31)20-15-32(26-11-12-27(33)28(34)23-26)24-37(21-22-41-32)29(39)25-9-5-3-6-10-25/h3,5-6,9-12,23H,4,7-8,13-22,24H2,1-2H3/t32-/m0/s1. The molecule has 3 heterocycles. The number of likely N-dealkylation sites (tertiary alicyclic amines) is 2. The molecule has 0 radical (unpaired) electrons. The molecule has 9 heteroatoms. The van der Waals surface area contributed by atoms with Crippen LogP contribution in [0.4, 0.5) is 0 Å². The molecule has 0 unspecified atom stereocenters. The molecule has 5 rings (SSSR count). The molecule has 222 valence electrons. The molecule has 0 aliphatic carbocycles. The van der Waals surface area contributed by atoms with Crippen LogP contribution in [-0.4, -0.2) is 103 Å². The highest BCUT2D eigenvalue weighted by atomic mass is 35.5. The van der Waals surface area contributed by atoms with Crippen LogP contribution < -0.4 is 0 Å². The molecule has 3 aliphatic heterocycles. The van der Waals surface area contributed by atoms with Crippen molar-refractivity contribution in [3.8, 4) is 0 Å². The summed E-state index contributed by atoms with van der Waals surface area (Å²) >= 11 is 12.8. The quantitative estimate of drug-likeness (QED) is 0.439. The normalized spacial score (nSPS) is 23.8. The number of rotatable bonds is 7. The Kier molecular flexibility index (Phi) is 9.61. The van der Waals surface area contributed by atoms with Gasteiger partial charge in [-0.25, -0.2) is 0 Å². The van der Waals surface area contributed by atoms with Crippen molar-refractivity contribution in [1.29, 1.82) is 0 Å². The van der Waals surface area contributed by atoms with Crippen LogP contribution in [-0.2, 0) is 15.1 Å². The third-order valence-electron chi connectivity index (χ3n) is 9.22. The van der Waals surface area contributed by atoms with Crippen LogP contribution in [0.5, 0.6) is 0 Å². The maximum atomic E-state index is 13.5. The molecule has 41 heavy (non-hydrogen) atoms. The van der Waals surface area contributed by atoms with Gasteiger partial charge in [0, 0.05) is 45.8 Å². The molecule has 2 aromatic rings. The summed E-state index contributed by atoms with van der Waals surface area (Å²) in [6, 6.07) is 15.1. The van der Waals surface area contributed by atoms with Gasteiger partial charge in [0.15, 0.2) is 0 Å². The van der Waals surface area contributed by atoms with Crippen LogP contribution in [0.25, 0.3) is 0 Å². The lowest BCUT2D eigenvalue weighted by molar-refractivity contribution is -0.147. The minimum atomic E-state index is -0.711. The van der Waals surface area contributed by atoms with Gasteiger partial charge in [-0.3, -0.25) is 14.5 Å². The maximum Gasteiger partial charge on any atom is 0.254 e. The Morgan fingerprint density at radius 1 is 0.902 bits per heavy atom. The van der Waals surface area contributed by atoms with E-state index in [9.17, 15) is 9.59 Å². The van der Waals surface area contributed by atoms with E-state index in [1.807, 2.05) is 67.5 Å². The molecule has 3 saturated heterocycles. The minimum Gasteiger partial charge on any atom is -0.367 e. The van der Waals surface area contributed by atoms with Gasteiger partial charge < -0.3 is 19.4 Å². The van der Waals surface area contributed by atoms with Crippen LogP contribution >= 0.6 is 23.2 Å². The molecule has 3 fully saturated rings. The lowest BCUT2D eigenvalue weighted by Gasteiger charge is -2.50. The molecular weight excluding hydrogens is 559 g/mol. The molecular formula is C32H42Cl2N4O3. The third kappa shape index (κ3) is 6.45. The summed E-state index contributed by atoms with van der Waals surface area (Å²) in [5, 5.41) is 0.972. The number of carbonyl (C=O) groups excluding carboxylic acids is 2. The molecule has 2 amide bonds. The highest BCUT2D eigenvalue weighted by Crippen LogP contribution is 2.39. The maximum absolute atomic E-state index is 13.5. The summed E-state index contributed by atoms with van der Waals surface area (Å²) in [7, 11) is 3.76. The van der Waals surface area contributed by atoms with Gasteiger partial charge in [-0.2, -0.15) is 0 Å². The Morgan fingerprint density at radius 2 is 1.61 bits per heavy atom. The van der Waals surface area contributed by atoms with E-state index in [-0.39, 0.29) is 11.8 Å². The third-order valence-corrected chi connectivity index (χ3v) is 9.96. The number of halogens is 2. The van der Waals surface area contributed by atoms with Crippen molar-refractivity contribution in [3.63, 3.8) is 0 Å². The van der Waals surface area contributed by atoms with Gasteiger partial charge in [0.2, 0.25) is 5.91 Å². The molecule has 0 spiro atoms. The molecule has 0 aromatic heterocycles. The van der Waals surface area contributed by atoms with Gasteiger partial charge in [-0.05, 0) is 75.0 Å². The summed E-state index contributed by atoms with van der Waals surface area (Å²) in [4.78, 5) is 35.6. The summed E-state index contributed by atoms with van der Waals surface area (Å²) in [5.74, 6) is 0.238. The smallest absolute Gasteiger partial charge is 0.254 e. The molecule has 2 aromatic carbocycles. The van der Waals surface area contributed by atoms with E-state index in [4.69, 9.17) is 27.9 Å². The first-order valence-corrected chi connectivity index (χ1v) is 15.6.